The first-order valence-corrected chi connectivity index (χ1v) is 10.1. The summed E-state index contributed by atoms with van der Waals surface area (Å²) in [5.74, 6) is -0.799. The van der Waals surface area contributed by atoms with Crippen molar-refractivity contribution in [3.63, 3.8) is 0 Å². The van der Waals surface area contributed by atoms with Crippen LogP contribution in [0.4, 0.5) is 10.7 Å². The molecule has 2 N–H and O–H groups in total. The number of ether oxygens (including phenoxy) is 1. The van der Waals surface area contributed by atoms with Gasteiger partial charge in [-0.25, -0.2) is 4.79 Å². The number of likely N-dealkylation sites (N-methyl/N-ethyl adjacent to an activating group) is 1. The second-order valence-electron chi connectivity index (χ2n) is 6.73. The van der Waals surface area contributed by atoms with Gasteiger partial charge >= 0.3 is 5.97 Å². The van der Waals surface area contributed by atoms with Crippen molar-refractivity contribution >= 4 is 40.0 Å². The van der Waals surface area contributed by atoms with Crippen molar-refractivity contribution in [2.75, 3.05) is 25.5 Å². The van der Waals surface area contributed by atoms with Crippen molar-refractivity contribution in [2.45, 2.75) is 19.9 Å². The van der Waals surface area contributed by atoms with Crippen LogP contribution in [0.1, 0.15) is 33.3 Å². The van der Waals surface area contributed by atoms with E-state index in [1.54, 1.807) is 25.1 Å². The lowest BCUT2D eigenvalue weighted by molar-refractivity contribution is -0.895. The molecule has 0 radical (unpaired) electrons. The predicted octanol–water partition coefficient (Wildman–Crippen LogP) is 2.06. The van der Waals surface area contributed by atoms with E-state index in [0.717, 1.165) is 30.0 Å². The Morgan fingerprint density at radius 2 is 2.07 bits per heavy atom. The third kappa shape index (κ3) is 4.87. The number of amides is 1. The topological polar surface area (TPSA) is 103 Å². The van der Waals surface area contributed by atoms with Crippen LogP contribution in [-0.2, 0) is 22.5 Å². The van der Waals surface area contributed by atoms with Gasteiger partial charge in [0.1, 0.15) is 11.5 Å². The number of thiophene rings is 1. The fraction of sp³-hybridized carbons (Fsp3) is 0.300. The molecule has 1 aliphatic rings. The van der Waals surface area contributed by atoms with E-state index in [-0.39, 0.29) is 18.2 Å². The summed E-state index contributed by atoms with van der Waals surface area (Å²) in [6.07, 6.45) is 3.67. The van der Waals surface area contributed by atoms with Gasteiger partial charge in [-0.2, -0.15) is 0 Å². The van der Waals surface area contributed by atoms with Gasteiger partial charge < -0.3 is 15.0 Å². The fourth-order valence-corrected chi connectivity index (χ4v) is 4.51. The molecule has 0 aliphatic carbocycles. The molecular weight excluding hydrogens is 394 g/mol. The number of quaternary nitrogens is 1. The molecule has 152 valence electrons. The maximum absolute atomic E-state index is 12.5. The van der Waals surface area contributed by atoms with Gasteiger partial charge in [0.2, 0.25) is 5.91 Å². The van der Waals surface area contributed by atoms with Gasteiger partial charge in [0.25, 0.3) is 5.69 Å². The van der Waals surface area contributed by atoms with E-state index >= 15 is 0 Å². The molecule has 0 spiro atoms. The standard InChI is InChI=1S/C20H21N3O5S/c1-3-28-20(25)18-15-10-11-22(2)12-16(15)29-19(18)21-17(24)9-6-13-4-7-14(8-5-13)23(26)27/h4-9H,3,10-12H2,1-2H3,(H,21,24)/p+1. The number of benzene rings is 1. The Morgan fingerprint density at radius 1 is 1.34 bits per heavy atom. The van der Waals surface area contributed by atoms with E-state index in [9.17, 15) is 19.7 Å². The second kappa shape index (κ2) is 8.97. The minimum absolute atomic E-state index is 0.0121. The monoisotopic (exact) mass is 416 g/mol. The first kappa shape index (κ1) is 20.7. The van der Waals surface area contributed by atoms with E-state index in [1.165, 1.54) is 34.4 Å². The number of carbonyl (C=O) groups excluding carboxylic acids is 2. The molecule has 1 aromatic heterocycles. The molecule has 8 nitrogen and oxygen atoms in total. The Bertz CT molecular complexity index is 965. The van der Waals surface area contributed by atoms with Crippen LogP contribution in [0.2, 0.25) is 0 Å². The highest BCUT2D eigenvalue weighted by atomic mass is 32.1. The van der Waals surface area contributed by atoms with E-state index in [2.05, 4.69) is 12.4 Å². The van der Waals surface area contributed by atoms with E-state index in [1.807, 2.05) is 0 Å². The average Bonchev–Trinajstić information content (AvgIpc) is 3.03. The number of esters is 1. The molecule has 0 fully saturated rings. The molecule has 9 heteroatoms. The van der Waals surface area contributed by atoms with Crippen molar-refractivity contribution in [2.24, 2.45) is 0 Å². The first-order chi connectivity index (χ1) is 13.9. The largest absolute Gasteiger partial charge is 0.462 e. The third-order valence-corrected chi connectivity index (χ3v) is 5.75. The summed E-state index contributed by atoms with van der Waals surface area (Å²) < 4.78 is 5.20. The maximum Gasteiger partial charge on any atom is 0.341 e. The highest BCUT2D eigenvalue weighted by Gasteiger charge is 2.29. The molecule has 2 aromatic rings. The quantitative estimate of drug-likeness (QED) is 0.325. The number of hydrogen-bond donors (Lipinski definition) is 2. The van der Waals surface area contributed by atoms with Gasteiger partial charge in [-0.05, 0) is 36.3 Å². The summed E-state index contributed by atoms with van der Waals surface area (Å²) >= 11 is 1.41. The summed E-state index contributed by atoms with van der Waals surface area (Å²) in [4.78, 5) is 37.6. The van der Waals surface area contributed by atoms with Crippen LogP contribution in [0.3, 0.4) is 0 Å². The van der Waals surface area contributed by atoms with Gasteiger partial charge in [0, 0.05) is 24.6 Å². The summed E-state index contributed by atoms with van der Waals surface area (Å²) in [6, 6.07) is 5.88. The van der Waals surface area contributed by atoms with Crippen LogP contribution in [0.15, 0.2) is 30.3 Å². The number of hydrogen-bond acceptors (Lipinski definition) is 6. The van der Waals surface area contributed by atoms with Crippen LogP contribution in [0.25, 0.3) is 6.08 Å². The molecule has 0 saturated heterocycles. The van der Waals surface area contributed by atoms with E-state index in [4.69, 9.17) is 4.74 Å². The van der Waals surface area contributed by atoms with Crippen molar-refractivity contribution in [3.8, 4) is 0 Å². The van der Waals surface area contributed by atoms with E-state index in [0.29, 0.717) is 16.1 Å². The highest BCUT2D eigenvalue weighted by Crippen LogP contribution is 2.35. The second-order valence-corrected chi connectivity index (χ2v) is 7.84. The van der Waals surface area contributed by atoms with Crippen molar-refractivity contribution < 1.29 is 24.1 Å². The molecule has 1 aromatic carbocycles. The summed E-state index contributed by atoms with van der Waals surface area (Å²) in [5.41, 5.74) is 2.07. The van der Waals surface area contributed by atoms with Crippen LogP contribution in [0.5, 0.6) is 0 Å². The Balaban J connectivity index is 1.78. The summed E-state index contributed by atoms with van der Waals surface area (Å²) in [6.45, 7) is 3.74. The number of fused-ring (bicyclic) bond motifs is 1. The molecule has 0 saturated carbocycles. The molecule has 1 unspecified atom stereocenters. The number of nitrogens with one attached hydrogen (secondary N) is 2. The zero-order valence-electron chi connectivity index (χ0n) is 16.2. The first-order valence-electron chi connectivity index (χ1n) is 9.25. The van der Waals surface area contributed by atoms with Gasteiger partial charge in [0.15, 0.2) is 0 Å². The number of nitro benzene ring substituents is 1. The zero-order valence-corrected chi connectivity index (χ0v) is 17.0. The fourth-order valence-electron chi connectivity index (χ4n) is 3.16. The molecule has 0 bridgehead atoms. The number of nitro groups is 1. The minimum Gasteiger partial charge on any atom is -0.462 e. The van der Waals surface area contributed by atoms with Crippen LogP contribution in [-0.4, -0.2) is 37.0 Å². The van der Waals surface area contributed by atoms with Crippen LogP contribution >= 0.6 is 11.3 Å². The Hall–Kier alpha value is -3.04. The van der Waals surface area contributed by atoms with Crippen molar-refractivity contribution in [1.82, 2.24) is 0 Å². The molecule has 1 aliphatic heterocycles. The Morgan fingerprint density at radius 3 is 2.72 bits per heavy atom. The number of nitrogens with zero attached hydrogens (tertiary/aromatic N) is 1. The van der Waals surface area contributed by atoms with Gasteiger partial charge in [-0.15, -0.1) is 11.3 Å². The third-order valence-electron chi connectivity index (χ3n) is 4.60. The van der Waals surface area contributed by atoms with Crippen LogP contribution in [0, 0.1) is 10.1 Å². The predicted molar refractivity (Wildman–Crippen MR) is 110 cm³/mol. The van der Waals surface area contributed by atoms with Crippen molar-refractivity contribution in [1.29, 1.82) is 0 Å². The maximum atomic E-state index is 12.5. The Labute approximate surface area is 171 Å². The molecule has 2 heterocycles. The van der Waals surface area contributed by atoms with Crippen LogP contribution < -0.4 is 10.2 Å². The summed E-state index contributed by atoms with van der Waals surface area (Å²) in [7, 11) is 2.10. The van der Waals surface area contributed by atoms with Gasteiger partial charge in [-0.1, -0.05) is 0 Å². The van der Waals surface area contributed by atoms with Crippen molar-refractivity contribution in [3.05, 3.63) is 62.0 Å². The smallest absolute Gasteiger partial charge is 0.341 e. The lowest BCUT2D eigenvalue weighted by Crippen LogP contribution is -3.08. The van der Waals surface area contributed by atoms with Gasteiger partial charge in [0.05, 0.1) is 35.6 Å². The molecule has 1 amide bonds. The SMILES string of the molecule is CCOC(=O)c1c(NC(=O)C=Cc2ccc([N+](=O)[O-])cc2)sc2c1CC[NH+](C)C2. The molecule has 1 atom stereocenters. The lowest BCUT2D eigenvalue weighted by Gasteiger charge is -2.19. The number of carbonyl (C=O) groups is 2. The molecule has 29 heavy (non-hydrogen) atoms. The zero-order chi connectivity index (χ0) is 21.0. The Kier molecular flexibility index (Phi) is 6.40. The number of rotatable bonds is 6. The minimum atomic E-state index is -0.477. The summed E-state index contributed by atoms with van der Waals surface area (Å²) in [5, 5.41) is 14.0. The average molecular weight is 416 g/mol. The molecule has 3 rings (SSSR count). The normalized spacial score (nSPS) is 15.7. The lowest BCUT2D eigenvalue weighted by atomic mass is 10.0. The number of anilines is 1. The molecular formula is C20H22N3O5S+. The highest BCUT2D eigenvalue weighted by molar-refractivity contribution is 7.17. The van der Waals surface area contributed by atoms with Gasteiger partial charge in [-0.3, -0.25) is 14.9 Å². The number of non-ortho nitro benzene ring substituents is 1. The van der Waals surface area contributed by atoms with E-state index < -0.39 is 10.9 Å².